The predicted octanol–water partition coefficient (Wildman–Crippen LogP) is 4.85. The highest BCUT2D eigenvalue weighted by atomic mass is 35.5. The molecule has 0 aliphatic heterocycles. The minimum atomic E-state index is -0.307. The van der Waals surface area contributed by atoms with E-state index in [-0.39, 0.29) is 34.2 Å². The zero-order valence-electron chi connectivity index (χ0n) is 19.5. The SMILES string of the molecule is COc1ccc(/C=C/C(=O)NCc2nnc(SCC(=O)Nc3cc(Cl)c(Cl)cc3Cl)n2C)cc1OC. The Morgan fingerprint density at radius 3 is 2.47 bits per heavy atom. The van der Waals surface area contributed by atoms with E-state index in [0.717, 1.165) is 5.56 Å². The van der Waals surface area contributed by atoms with E-state index in [0.29, 0.717) is 33.2 Å². The third kappa shape index (κ3) is 7.30. The maximum Gasteiger partial charge on any atom is 0.244 e. The molecular weight excluding hydrogens is 549 g/mol. The van der Waals surface area contributed by atoms with Crippen LogP contribution < -0.4 is 20.1 Å². The summed E-state index contributed by atoms with van der Waals surface area (Å²) >= 11 is 19.2. The molecule has 36 heavy (non-hydrogen) atoms. The summed E-state index contributed by atoms with van der Waals surface area (Å²) in [5, 5.41) is 15.0. The Morgan fingerprint density at radius 2 is 1.75 bits per heavy atom. The monoisotopic (exact) mass is 569 g/mol. The van der Waals surface area contributed by atoms with E-state index >= 15 is 0 Å². The zero-order valence-corrected chi connectivity index (χ0v) is 22.6. The van der Waals surface area contributed by atoms with Crippen LogP contribution in [0.4, 0.5) is 5.69 Å². The Kier molecular flexibility index (Phi) is 9.89. The molecule has 13 heteroatoms. The standard InChI is InChI=1S/C23H22Cl3N5O4S/c1-31-20(11-27-21(32)7-5-13-4-6-18(34-2)19(8-13)35-3)29-30-23(31)36-12-22(33)28-17-10-15(25)14(24)9-16(17)26/h4-10H,11-12H2,1-3H3,(H,27,32)(H,28,33)/b7-5+. The lowest BCUT2D eigenvalue weighted by molar-refractivity contribution is -0.116. The van der Waals surface area contributed by atoms with Crippen LogP contribution in [0.5, 0.6) is 11.5 Å². The number of hydrogen-bond acceptors (Lipinski definition) is 7. The quantitative estimate of drug-likeness (QED) is 0.204. The van der Waals surface area contributed by atoms with Gasteiger partial charge in [-0.3, -0.25) is 9.59 Å². The van der Waals surface area contributed by atoms with Crippen molar-refractivity contribution in [2.75, 3.05) is 25.3 Å². The minimum Gasteiger partial charge on any atom is -0.493 e. The Balaban J connectivity index is 1.51. The molecule has 0 saturated carbocycles. The fraction of sp³-hybridized carbons (Fsp3) is 0.217. The first-order valence-electron chi connectivity index (χ1n) is 10.3. The van der Waals surface area contributed by atoms with Gasteiger partial charge in [0.05, 0.1) is 47.3 Å². The van der Waals surface area contributed by atoms with Gasteiger partial charge in [-0.15, -0.1) is 10.2 Å². The summed E-state index contributed by atoms with van der Waals surface area (Å²) in [5.41, 5.74) is 1.14. The lowest BCUT2D eigenvalue weighted by Crippen LogP contribution is -2.22. The molecule has 0 radical (unpaired) electrons. The van der Waals surface area contributed by atoms with E-state index in [1.165, 1.54) is 30.0 Å². The molecular formula is C23H22Cl3N5O4S. The van der Waals surface area contributed by atoms with Gasteiger partial charge in [-0.25, -0.2) is 0 Å². The van der Waals surface area contributed by atoms with Crippen molar-refractivity contribution in [3.8, 4) is 11.5 Å². The lowest BCUT2D eigenvalue weighted by atomic mass is 10.2. The van der Waals surface area contributed by atoms with E-state index in [1.807, 2.05) is 6.07 Å². The Labute approximate surface area is 227 Å². The number of ether oxygens (including phenoxy) is 2. The number of hydrogen-bond donors (Lipinski definition) is 2. The molecule has 0 atom stereocenters. The second-order valence-corrected chi connectivity index (χ2v) is 9.37. The van der Waals surface area contributed by atoms with Gasteiger partial charge in [0.2, 0.25) is 11.8 Å². The molecule has 2 aromatic carbocycles. The third-order valence-electron chi connectivity index (χ3n) is 4.80. The summed E-state index contributed by atoms with van der Waals surface area (Å²) in [4.78, 5) is 24.6. The first kappa shape index (κ1) is 27.7. The molecule has 3 aromatic rings. The van der Waals surface area contributed by atoms with Gasteiger partial charge in [-0.05, 0) is 35.9 Å². The summed E-state index contributed by atoms with van der Waals surface area (Å²) in [6.45, 7) is 0.157. The van der Waals surface area contributed by atoms with Crippen LogP contribution in [0.15, 0.2) is 41.6 Å². The van der Waals surface area contributed by atoms with Crippen LogP contribution >= 0.6 is 46.6 Å². The number of nitrogens with one attached hydrogen (secondary N) is 2. The van der Waals surface area contributed by atoms with E-state index < -0.39 is 0 Å². The number of carbonyl (C=O) groups excluding carboxylic acids is 2. The summed E-state index contributed by atoms with van der Waals surface area (Å²) in [5.74, 6) is 1.14. The molecule has 0 bridgehead atoms. The number of thioether (sulfide) groups is 1. The van der Waals surface area contributed by atoms with Crippen molar-refractivity contribution in [2.45, 2.75) is 11.7 Å². The number of nitrogens with zero attached hydrogens (tertiary/aromatic N) is 3. The first-order chi connectivity index (χ1) is 17.2. The van der Waals surface area contributed by atoms with E-state index in [2.05, 4.69) is 20.8 Å². The van der Waals surface area contributed by atoms with Crippen LogP contribution in [0, 0.1) is 0 Å². The normalized spacial score (nSPS) is 10.9. The fourth-order valence-corrected chi connectivity index (χ4v) is 4.24. The molecule has 0 aliphatic rings. The molecule has 0 fully saturated rings. The van der Waals surface area contributed by atoms with Crippen LogP contribution in [0.1, 0.15) is 11.4 Å². The topological polar surface area (TPSA) is 107 Å². The van der Waals surface area contributed by atoms with E-state index in [1.54, 1.807) is 44.0 Å². The molecule has 2 N–H and O–H groups in total. The van der Waals surface area contributed by atoms with E-state index in [4.69, 9.17) is 44.3 Å². The van der Waals surface area contributed by atoms with Gasteiger partial charge in [0, 0.05) is 13.1 Å². The van der Waals surface area contributed by atoms with Crippen LogP contribution in [-0.2, 0) is 23.2 Å². The van der Waals surface area contributed by atoms with Crippen molar-refractivity contribution >= 4 is 70.1 Å². The number of halogens is 3. The van der Waals surface area contributed by atoms with Crippen molar-refractivity contribution < 1.29 is 19.1 Å². The average molecular weight is 571 g/mol. The second kappa shape index (κ2) is 12.9. The molecule has 2 amide bonds. The summed E-state index contributed by atoms with van der Waals surface area (Å²) in [6.07, 6.45) is 3.07. The highest BCUT2D eigenvalue weighted by Crippen LogP contribution is 2.32. The molecule has 1 aromatic heterocycles. The van der Waals surface area contributed by atoms with Gasteiger partial charge >= 0.3 is 0 Å². The minimum absolute atomic E-state index is 0.0585. The second-order valence-electron chi connectivity index (χ2n) is 7.21. The number of amides is 2. The number of carbonyl (C=O) groups is 2. The molecule has 1 heterocycles. The molecule has 9 nitrogen and oxygen atoms in total. The predicted molar refractivity (Wildman–Crippen MR) is 142 cm³/mol. The van der Waals surface area contributed by atoms with Gasteiger partial charge in [-0.1, -0.05) is 52.6 Å². The summed E-state index contributed by atoms with van der Waals surface area (Å²) in [6, 6.07) is 8.27. The summed E-state index contributed by atoms with van der Waals surface area (Å²) < 4.78 is 12.2. The maximum atomic E-state index is 12.3. The van der Waals surface area contributed by atoms with Gasteiger partial charge in [0.15, 0.2) is 22.5 Å². The van der Waals surface area contributed by atoms with Crippen LogP contribution in [0.2, 0.25) is 15.1 Å². The molecule has 0 saturated heterocycles. The highest BCUT2D eigenvalue weighted by Gasteiger charge is 2.14. The van der Waals surface area contributed by atoms with Crippen molar-refractivity contribution in [3.63, 3.8) is 0 Å². The fourth-order valence-electron chi connectivity index (χ4n) is 2.91. The number of anilines is 1. The zero-order chi connectivity index (χ0) is 26.2. The number of methoxy groups -OCH3 is 2. The molecule has 3 rings (SSSR count). The molecule has 0 unspecified atom stereocenters. The largest absolute Gasteiger partial charge is 0.493 e. The van der Waals surface area contributed by atoms with Gasteiger partial charge < -0.3 is 24.7 Å². The summed E-state index contributed by atoms with van der Waals surface area (Å²) in [7, 11) is 4.85. The average Bonchev–Trinajstić information content (AvgIpc) is 3.22. The van der Waals surface area contributed by atoms with E-state index in [9.17, 15) is 9.59 Å². The van der Waals surface area contributed by atoms with Gasteiger partial charge in [0.25, 0.3) is 0 Å². The smallest absolute Gasteiger partial charge is 0.244 e. The molecule has 0 spiro atoms. The first-order valence-corrected chi connectivity index (χ1v) is 12.5. The van der Waals surface area contributed by atoms with Crippen LogP contribution in [0.3, 0.4) is 0 Å². The Bertz CT molecular complexity index is 1300. The van der Waals surface area contributed by atoms with Crippen molar-refractivity contribution in [3.05, 3.63) is 62.9 Å². The molecule has 190 valence electrons. The Morgan fingerprint density at radius 1 is 1.03 bits per heavy atom. The van der Waals surface area contributed by atoms with Crippen LogP contribution in [0.25, 0.3) is 6.08 Å². The number of rotatable bonds is 10. The van der Waals surface area contributed by atoms with Crippen LogP contribution in [-0.4, -0.2) is 46.6 Å². The van der Waals surface area contributed by atoms with Crippen molar-refractivity contribution in [2.24, 2.45) is 7.05 Å². The van der Waals surface area contributed by atoms with Crippen molar-refractivity contribution in [1.29, 1.82) is 0 Å². The van der Waals surface area contributed by atoms with Gasteiger partial charge in [0.1, 0.15) is 0 Å². The molecule has 0 aliphatic carbocycles. The third-order valence-corrected chi connectivity index (χ3v) is 6.85. The Hall–Kier alpha value is -2.92. The van der Waals surface area contributed by atoms with Crippen molar-refractivity contribution in [1.82, 2.24) is 20.1 Å². The number of benzene rings is 2. The highest BCUT2D eigenvalue weighted by molar-refractivity contribution is 7.99. The lowest BCUT2D eigenvalue weighted by Gasteiger charge is -2.09. The number of aromatic nitrogens is 3. The maximum absolute atomic E-state index is 12.3. The van der Waals surface area contributed by atoms with Gasteiger partial charge in [-0.2, -0.15) is 0 Å².